The number of carbonyl (C=O) groups is 2. The lowest BCUT2D eigenvalue weighted by Gasteiger charge is -2.18. The molecule has 2 aromatic rings. The van der Waals surface area contributed by atoms with E-state index in [2.05, 4.69) is 15.6 Å². The average Bonchev–Trinajstić information content (AvgIpc) is 2.90. The predicted molar refractivity (Wildman–Crippen MR) is 85.2 cm³/mol. The summed E-state index contributed by atoms with van der Waals surface area (Å²) in [4.78, 5) is 27.4. The number of hydrogen-bond acceptors (Lipinski definition) is 4. The fraction of sp³-hybridized carbons (Fsp3) is 0.267. The highest BCUT2D eigenvalue weighted by molar-refractivity contribution is 7.09. The van der Waals surface area contributed by atoms with Gasteiger partial charge in [0, 0.05) is 16.6 Å². The van der Waals surface area contributed by atoms with Gasteiger partial charge in [0.25, 0.3) is 0 Å². The Balaban J connectivity index is 2.01. The Bertz CT molecular complexity index is 704. The quantitative estimate of drug-likeness (QED) is 0.752. The minimum Gasteiger partial charge on any atom is -0.352 e. The third-order valence-corrected chi connectivity index (χ3v) is 4.06. The minimum absolute atomic E-state index is 0.117. The zero-order valence-corrected chi connectivity index (χ0v) is 13.3. The summed E-state index contributed by atoms with van der Waals surface area (Å²) in [6, 6.07) is 4.29. The average molecular weight is 336 g/mol. The van der Waals surface area contributed by atoms with Crippen molar-refractivity contribution < 1.29 is 14.0 Å². The molecule has 0 fully saturated rings. The van der Waals surface area contributed by atoms with Crippen molar-refractivity contribution in [2.45, 2.75) is 25.9 Å². The van der Waals surface area contributed by atoms with Gasteiger partial charge in [-0.2, -0.15) is 0 Å². The van der Waals surface area contributed by atoms with Crippen LogP contribution in [0.4, 0.5) is 9.18 Å². The number of rotatable bonds is 6. The van der Waals surface area contributed by atoms with Crippen molar-refractivity contribution >= 4 is 23.3 Å². The number of thiazole rings is 1. The molecule has 0 aliphatic rings. The monoisotopic (exact) mass is 336 g/mol. The summed E-state index contributed by atoms with van der Waals surface area (Å²) >= 11 is 1.44. The Labute approximate surface area is 136 Å². The number of nitrogens with two attached hydrogens (primary N) is 1. The first-order chi connectivity index (χ1) is 11.0. The molecule has 0 unspecified atom stereocenters. The summed E-state index contributed by atoms with van der Waals surface area (Å²) in [5.74, 6) is -0.838. The summed E-state index contributed by atoms with van der Waals surface area (Å²) in [5.41, 5.74) is 6.21. The molecule has 0 aliphatic heterocycles. The van der Waals surface area contributed by atoms with Gasteiger partial charge in [-0.25, -0.2) is 14.2 Å². The van der Waals surface area contributed by atoms with E-state index in [1.807, 2.05) is 12.3 Å². The molecule has 2 rings (SSSR count). The number of hydrogen-bond donors (Lipinski definition) is 3. The van der Waals surface area contributed by atoms with Gasteiger partial charge < -0.3 is 16.4 Å². The largest absolute Gasteiger partial charge is 0.352 e. The van der Waals surface area contributed by atoms with Crippen LogP contribution in [0.5, 0.6) is 0 Å². The van der Waals surface area contributed by atoms with Crippen molar-refractivity contribution in [2.75, 3.05) is 0 Å². The second-order valence-corrected chi connectivity index (χ2v) is 5.89. The standard InChI is InChI=1S/C15H17FN4O2S/c1-9-8-23-14(19-9)7-18-13(21)6-12(20-15(17)22)10-4-2-3-5-11(10)16/h2-5,8,12H,6-7H2,1H3,(H,18,21)(H3,17,20,22)/t12-/m1/s1. The Morgan fingerprint density at radius 2 is 2.13 bits per heavy atom. The van der Waals surface area contributed by atoms with E-state index in [-0.39, 0.29) is 24.4 Å². The molecule has 6 nitrogen and oxygen atoms in total. The second-order valence-electron chi connectivity index (χ2n) is 4.95. The van der Waals surface area contributed by atoms with Crippen LogP contribution in [0.25, 0.3) is 0 Å². The number of carbonyl (C=O) groups excluding carboxylic acids is 2. The number of halogens is 1. The van der Waals surface area contributed by atoms with E-state index in [1.165, 1.54) is 29.5 Å². The molecule has 0 radical (unpaired) electrons. The maximum Gasteiger partial charge on any atom is 0.312 e. The summed E-state index contributed by atoms with van der Waals surface area (Å²) in [5, 5.41) is 7.76. The molecule has 0 saturated heterocycles. The van der Waals surface area contributed by atoms with Crippen LogP contribution < -0.4 is 16.4 Å². The molecular weight excluding hydrogens is 319 g/mol. The van der Waals surface area contributed by atoms with Gasteiger partial charge in [0.05, 0.1) is 19.0 Å². The molecule has 8 heteroatoms. The normalized spacial score (nSPS) is 11.7. The zero-order chi connectivity index (χ0) is 16.8. The fourth-order valence-electron chi connectivity index (χ4n) is 2.08. The third-order valence-electron chi connectivity index (χ3n) is 3.09. The van der Waals surface area contributed by atoms with E-state index in [0.29, 0.717) is 0 Å². The first-order valence-electron chi connectivity index (χ1n) is 6.94. The van der Waals surface area contributed by atoms with Gasteiger partial charge in [0.1, 0.15) is 10.8 Å². The Kier molecular flexibility index (Phi) is 5.64. The van der Waals surface area contributed by atoms with Crippen molar-refractivity contribution in [1.29, 1.82) is 0 Å². The summed E-state index contributed by atoms with van der Waals surface area (Å²) < 4.78 is 13.9. The maximum atomic E-state index is 13.9. The van der Waals surface area contributed by atoms with Gasteiger partial charge in [0.15, 0.2) is 0 Å². The van der Waals surface area contributed by atoms with Gasteiger partial charge in [-0.15, -0.1) is 11.3 Å². The Hall–Kier alpha value is -2.48. The molecular formula is C15H17FN4O2S. The van der Waals surface area contributed by atoms with Gasteiger partial charge in [0.2, 0.25) is 5.91 Å². The third kappa shape index (κ3) is 5.03. The highest BCUT2D eigenvalue weighted by Gasteiger charge is 2.20. The number of benzene rings is 1. The molecule has 1 aromatic carbocycles. The number of amides is 3. The van der Waals surface area contributed by atoms with E-state index in [0.717, 1.165) is 10.7 Å². The Morgan fingerprint density at radius 1 is 1.39 bits per heavy atom. The molecule has 4 N–H and O–H groups in total. The van der Waals surface area contributed by atoms with E-state index >= 15 is 0 Å². The highest BCUT2D eigenvalue weighted by Crippen LogP contribution is 2.20. The van der Waals surface area contributed by atoms with Crippen LogP contribution in [-0.4, -0.2) is 16.9 Å². The van der Waals surface area contributed by atoms with Crippen molar-refractivity contribution in [3.8, 4) is 0 Å². The molecule has 1 atom stereocenters. The first-order valence-corrected chi connectivity index (χ1v) is 7.81. The van der Waals surface area contributed by atoms with E-state index < -0.39 is 17.9 Å². The summed E-state index contributed by atoms with van der Waals surface area (Å²) in [7, 11) is 0. The van der Waals surface area contributed by atoms with Crippen molar-refractivity contribution in [2.24, 2.45) is 5.73 Å². The van der Waals surface area contributed by atoms with Gasteiger partial charge >= 0.3 is 6.03 Å². The van der Waals surface area contributed by atoms with Crippen molar-refractivity contribution in [1.82, 2.24) is 15.6 Å². The molecule has 3 amide bonds. The molecule has 1 aromatic heterocycles. The van der Waals surface area contributed by atoms with Crippen LogP contribution in [0.3, 0.4) is 0 Å². The van der Waals surface area contributed by atoms with E-state index in [4.69, 9.17) is 5.73 Å². The van der Waals surface area contributed by atoms with Crippen LogP contribution in [0.1, 0.15) is 28.7 Å². The molecule has 23 heavy (non-hydrogen) atoms. The first kappa shape index (κ1) is 16.9. The van der Waals surface area contributed by atoms with E-state index in [9.17, 15) is 14.0 Å². The Morgan fingerprint density at radius 3 is 2.74 bits per heavy atom. The molecule has 0 aliphatic carbocycles. The van der Waals surface area contributed by atoms with Gasteiger partial charge in [-0.05, 0) is 13.0 Å². The minimum atomic E-state index is -0.827. The van der Waals surface area contributed by atoms with Crippen molar-refractivity contribution in [3.05, 3.63) is 51.7 Å². The lowest BCUT2D eigenvalue weighted by molar-refractivity contribution is -0.121. The molecule has 0 saturated carbocycles. The van der Waals surface area contributed by atoms with Crippen LogP contribution in [-0.2, 0) is 11.3 Å². The number of primary amides is 1. The van der Waals surface area contributed by atoms with Gasteiger partial charge in [-0.1, -0.05) is 18.2 Å². The van der Waals surface area contributed by atoms with Crippen LogP contribution in [0.2, 0.25) is 0 Å². The van der Waals surface area contributed by atoms with Crippen LogP contribution in [0.15, 0.2) is 29.6 Å². The summed E-state index contributed by atoms with van der Waals surface area (Å²) in [6.07, 6.45) is -0.117. The molecule has 0 bridgehead atoms. The summed E-state index contributed by atoms with van der Waals surface area (Å²) in [6.45, 7) is 2.16. The number of nitrogens with one attached hydrogen (secondary N) is 2. The lowest BCUT2D eigenvalue weighted by Crippen LogP contribution is -2.37. The van der Waals surface area contributed by atoms with E-state index in [1.54, 1.807) is 6.07 Å². The number of nitrogens with zero attached hydrogens (tertiary/aromatic N) is 1. The molecule has 122 valence electrons. The SMILES string of the molecule is Cc1csc(CNC(=O)C[C@@H](NC(N)=O)c2ccccc2F)n1. The number of aryl methyl sites for hydroxylation is 1. The van der Waals surface area contributed by atoms with Crippen LogP contribution >= 0.6 is 11.3 Å². The van der Waals surface area contributed by atoms with Gasteiger partial charge in [-0.3, -0.25) is 4.79 Å². The zero-order valence-electron chi connectivity index (χ0n) is 12.5. The lowest BCUT2D eigenvalue weighted by atomic mass is 10.0. The smallest absolute Gasteiger partial charge is 0.312 e. The van der Waals surface area contributed by atoms with Crippen LogP contribution in [0, 0.1) is 12.7 Å². The maximum absolute atomic E-state index is 13.9. The predicted octanol–water partition coefficient (Wildman–Crippen LogP) is 2.01. The second kappa shape index (κ2) is 7.68. The number of urea groups is 1. The topological polar surface area (TPSA) is 97.1 Å². The molecule has 1 heterocycles. The fourth-order valence-corrected chi connectivity index (χ4v) is 2.80. The molecule has 0 spiro atoms. The highest BCUT2D eigenvalue weighted by atomic mass is 32.1. The number of aromatic nitrogens is 1. The van der Waals surface area contributed by atoms with Crippen molar-refractivity contribution in [3.63, 3.8) is 0 Å².